The summed E-state index contributed by atoms with van der Waals surface area (Å²) in [5.41, 5.74) is 2.84. The van der Waals surface area contributed by atoms with E-state index in [1.807, 2.05) is 42.5 Å². The smallest absolute Gasteiger partial charge is 0.194 e. The third-order valence-electron chi connectivity index (χ3n) is 5.36. The Morgan fingerprint density at radius 1 is 1.10 bits per heavy atom. The second kappa shape index (κ2) is 11.2. The van der Waals surface area contributed by atoms with Gasteiger partial charge in [0.15, 0.2) is 5.96 Å². The van der Waals surface area contributed by atoms with Crippen LogP contribution < -0.4 is 14.8 Å². The van der Waals surface area contributed by atoms with Crippen LogP contribution in [0.4, 0.5) is 0 Å². The molecule has 0 atom stereocenters. The van der Waals surface area contributed by atoms with Crippen molar-refractivity contribution in [3.8, 4) is 17.6 Å². The minimum atomic E-state index is 0.555. The molecular weight excluding hydrogens is 390 g/mol. The molecule has 2 aromatic carbocycles. The molecule has 1 saturated heterocycles. The van der Waals surface area contributed by atoms with Gasteiger partial charge in [-0.3, -0.25) is 4.90 Å². The lowest BCUT2D eigenvalue weighted by atomic mass is 10.1. The first-order valence-corrected chi connectivity index (χ1v) is 10.6. The van der Waals surface area contributed by atoms with Gasteiger partial charge in [0.2, 0.25) is 0 Å². The molecule has 0 spiro atoms. The van der Waals surface area contributed by atoms with E-state index < -0.39 is 0 Å². The maximum atomic E-state index is 9.09. The fourth-order valence-corrected chi connectivity index (χ4v) is 3.70. The van der Waals surface area contributed by atoms with Crippen LogP contribution >= 0.6 is 0 Å². The first-order chi connectivity index (χ1) is 15.2. The maximum absolute atomic E-state index is 9.09. The number of nitrogens with zero attached hydrogens (tertiary/aromatic N) is 4. The van der Waals surface area contributed by atoms with Gasteiger partial charge in [-0.1, -0.05) is 12.1 Å². The molecule has 0 amide bonds. The number of hydrogen-bond donors (Lipinski definition) is 1. The predicted octanol–water partition coefficient (Wildman–Crippen LogP) is 2.86. The largest absolute Gasteiger partial charge is 0.497 e. The van der Waals surface area contributed by atoms with E-state index in [2.05, 4.69) is 28.1 Å². The Balaban J connectivity index is 1.61. The van der Waals surface area contributed by atoms with E-state index in [0.717, 1.165) is 67.9 Å². The van der Waals surface area contributed by atoms with Gasteiger partial charge in [0, 0.05) is 44.8 Å². The number of nitrogens with one attached hydrogen (secondary N) is 1. The van der Waals surface area contributed by atoms with Gasteiger partial charge in [0.1, 0.15) is 11.5 Å². The molecule has 0 bridgehead atoms. The zero-order chi connectivity index (χ0) is 22.1. The van der Waals surface area contributed by atoms with Gasteiger partial charge in [0.25, 0.3) is 0 Å². The van der Waals surface area contributed by atoms with Gasteiger partial charge in [-0.2, -0.15) is 5.26 Å². The van der Waals surface area contributed by atoms with Crippen molar-refractivity contribution in [1.29, 1.82) is 5.26 Å². The van der Waals surface area contributed by atoms with Crippen molar-refractivity contribution in [2.45, 2.75) is 20.0 Å². The molecule has 164 valence electrons. The van der Waals surface area contributed by atoms with Gasteiger partial charge < -0.3 is 19.7 Å². The predicted molar refractivity (Wildman–Crippen MR) is 122 cm³/mol. The van der Waals surface area contributed by atoms with Crippen LogP contribution in [-0.4, -0.2) is 62.7 Å². The van der Waals surface area contributed by atoms with Crippen molar-refractivity contribution in [2.24, 2.45) is 4.99 Å². The van der Waals surface area contributed by atoms with Crippen LogP contribution in [-0.2, 0) is 13.1 Å². The second-order valence-electron chi connectivity index (χ2n) is 7.42. The van der Waals surface area contributed by atoms with E-state index in [1.165, 1.54) is 0 Å². The highest BCUT2D eigenvalue weighted by Crippen LogP contribution is 2.25. The number of rotatable bonds is 7. The third kappa shape index (κ3) is 6.12. The molecule has 0 aromatic heterocycles. The molecule has 0 saturated carbocycles. The summed E-state index contributed by atoms with van der Waals surface area (Å²) >= 11 is 0. The van der Waals surface area contributed by atoms with Crippen LogP contribution in [0.25, 0.3) is 0 Å². The summed E-state index contributed by atoms with van der Waals surface area (Å²) in [7, 11) is 3.39. The van der Waals surface area contributed by atoms with E-state index in [1.54, 1.807) is 14.2 Å². The van der Waals surface area contributed by atoms with Gasteiger partial charge in [-0.15, -0.1) is 0 Å². The molecule has 3 rings (SSSR count). The van der Waals surface area contributed by atoms with Crippen molar-refractivity contribution in [2.75, 3.05) is 46.9 Å². The highest BCUT2D eigenvalue weighted by atomic mass is 16.5. The lowest BCUT2D eigenvalue weighted by molar-refractivity contribution is 0.171. The lowest BCUT2D eigenvalue weighted by Crippen LogP contribution is -2.52. The topological polar surface area (TPSA) is 73.1 Å². The van der Waals surface area contributed by atoms with E-state index in [0.29, 0.717) is 12.1 Å². The fraction of sp³-hybridized carbons (Fsp3) is 0.417. The number of methoxy groups -OCH3 is 2. The van der Waals surface area contributed by atoms with Crippen LogP contribution in [0.2, 0.25) is 0 Å². The Bertz CT molecular complexity index is 930. The minimum Gasteiger partial charge on any atom is -0.497 e. The van der Waals surface area contributed by atoms with Crippen molar-refractivity contribution in [3.05, 3.63) is 59.2 Å². The number of guanidine groups is 1. The molecule has 1 aliphatic rings. The normalized spacial score (nSPS) is 14.8. The number of nitriles is 1. The van der Waals surface area contributed by atoms with Crippen LogP contribution in [0.15, 0.2) is 47.5 Å². The molecule has 1 N–H and O–H groups in total. The standard InChI is InChI=1S/C24H31N5O2/c1-4-26-24(27-17-20-7-5-6-19(14-20)16-25)29-12-10-28(11-13-29)18-21-15-22(30-2)8-9-23(21)31-3/h5-9,14-15H,4,10-13,17-18H2,1-3H3,(H,26,27). The average Bonchev–Trinajstić information content (AvgIpc) is 2.82. The quantitative estimate of drug-likeness (QED) is 0.548. The molecule has 0 unspecified atom stereocenters. The van der Waals surface area contributed by atoms with Crippen LogP contribution in [0.1, 0.15) is 23.6 Å². The van der Waals surface area contributed by atoms with Gasteiger partial charge in [-0.25, -0.2) is 4.99 Å². The number of piperazine rings is 1. The molecule has 1 fully saturated rings. The third-order valence-corrected chi connectivity index (χ3v) is 5.36. The summed E-state index contributed by atoms with van der Waals surface area (Å²) in [5.74, 6) is 2.65. The summed E-state index contributed by atoms with van der Waals surface area (Å²) in [6.07, 6.45) is 0. The first kappa shape index (κ1) is 22.4. The minimum absolute atomic E-state index is 0.555. The van der Waals surface area contributed by atoms with Crippen molar-refractivity contribution in [3.63, 3.8) is 0 Å². The molecular formula is C24H31N5O2. The molecule has 1 aliphatic heterocycles. The zero-order valence-corrected chi connectivity index (χ0v) is 18.6. The highest BCUT2D eigenvalue weighted by molar-refractivity contribution is 5.80. The molecule has 2 aromatic rings. The Labute approximate surface area is 184 Å². The Hall–Kier alpha value is -3.24. The number of benzene rings is 2. The monoisotopic (exact) mass is 421 g/mol. The summed E-state index contributed by atoms with van der Waals surface area (Å²) in [6, 6.07) is 15.7. The van der Waals surface area contributed by atoms with Crippen LogP contribution in [0, 0.1) is 11.3 Å². The zero-order valence-electron chi connectivity index (χ0n) is 18.6. The summed E-state index contributed by atoms with van der Waals surface area (Å²) in [4.78, 5) is 9.54. The first-order valence-electron chi connectivity index (χ1n) is 10.6. The molecule has 7 nitrogen and oxygen atoms in total. The van der Waals surface area contributed by atoms with Crippen molar-refractivity contribution in [1.82, 2.24) is 15.1 Å². The van der Waals surface area contributed by atoms with Crippen molar-refractivity contribution >= 4 is 5.96 Å². The van der Waals surface area contributed by atoms with E-state index >= 15 is 0 Å². The van der Waals surface area contributed by atoms with Gasteiger partial charge in [-0.05, 0) is 42.8 Å². The molecule has 31 heavy (non-hydrogen) atoms. The van der Waals surface area contributed by atoms with E-state index in [4.69, 9.17) is 19.7 Å². The summed E-state index contributed by atoms with van der Waals surface area (Å²) in [5, 5.41) is 12.5. The van der Waals surface area contributed by atoms with Crippen LogP contribution in [0.3, 0.4) is 0 Å². The van der Waals surface area contributed by atoms with Gasteiger partial charge in [0.05, 0.1) is 32.4 Å². The maximum Gasteiger partial charge on any atom is 0.194 e. The Morgan fingerprint density at radius 2 is 1.90 bits per heavy atom. The number of ether oxygens (including phenoxy) is 2. The summed E-state index contributed by atoms with van der Waals surface area (Å²) in [6.45, 7) is 7.95. The second-order valence-corrected chi connectivity index (χ2v) is 7.42. The Morgan fingerprint density at radius 3 is 2.58 bits per heavy atom. The molecule has 0 radical (unpaired) electrons. The van der Waals surface area contributed by atoms with Crippen molar-refractivity contribution < 1.29 is 9.47 Å². The molecule has 7 heteroatoms. The van der Waals surface area contributed by atoms with Gasteiger partial charge >= 0.3 is 0 Å². The summed E-state index contributed by atoms with van der Waals surface area (Å²) < 4.78 is 10.9. The SMILES string of the molecule is CCNC(=NCc1cccc(C#N)c1)N1CCN(Cc2cc(OC)ccc2OC)CC1. The average molecular weight is 422 g/mol. The lowest BCUT2D eigenvalue weighted by Gasteiger charge is -2.36. The molecule has 1 heterocycles. The fourth-order valence-electron chi connectivity index (χ4n) is 3.70. The van der Waals surface area contributed by atoms with E-state index in [9.17, 15) is 0 Å². The number of aliphatic imine (C=N–C) groups is 1. The van der Waals surface area contributed by atoms with Crippen LogP contribution in [0.5, 0.6) is 11.5 Å². The Kier molecular flexibility index (Phi) is 8.13. The highest BCUT2D eigenvalue weighted by Gasteiger charge is 2.21. The molecule has 0 aliphatic carbocycles. The van der Waals surface area contributed by atoms with E-state index in [-0.39, 0.29) is 0 Å². The number of hydrogen-bond acceptors (Lipinski definition) is 5.